The first-order chi connectivity index (χ1) is 19.7. The maximum atomic E-state index is 12.0. The Kier molecular flexibility index (Phi) is 8.34. The topological polar surface area (TPSA) is 199 Å². The van der Waals surface area contributed by atoms with Crippen LogP contribution in [0.3, 0.4) is 0 Å². The minimum atomic E-state index is -1.35. The summed E-state index contributed by atoms with van der Waals surface area (Å²) in [6.45, 7) is 9.95. The molecule has 0 amide bonds. The van der Waals surface area contributed by atoms with Gasteiger partial charge in [0.2, 0.25) is 0 Å². The van der Waals surface area contributed by atoms with Crippen molar-refractivity contribution in [3.63, 3.8) is 0 Å². The average Bonchev–Trinajstić information content (AvgIpc) is 3.47. The number of ether oxygens (including phenoxy) is 4. The van der Waals surface area contributed by atoms with Crippen molar-refractivity contribution in [1.29, 1.82) is 0 Å². The van der Waals surface area contributed by atoms with E-state index in [0.717, 1.165) is 0 Å². The average molecular weight is 588 g/mol. The van der Waals surface area contributed by atoms with E-state index in [-0.39, 0.29) is 0 Å². The third-order valence-corrected chi connectivity index (χ3v) is 9.71. The summed E-state index contributed by atoms with van der Waals surface area (Å²) in [6.07, 6.45) is 0. The largest absolute Gasteiger partial charge is 0.393 e. The third-order valence-electron chi connectivity index (χ3n) is 9.71. The molecule has 4 saturated heterocycles. The summed E-state index contributed by atoms with van der Waals surface area (Å²) in [5.41, 5.74) is -0.908. The Bertz CT molecular complexity index is 1150. The molecule has 0 bridgehead atoms. The number of carbonyl (C=O) groups is 8. The Labute approximate surface area is 241 Å². The second-order valence-corrected chi connectivity index (χ2v) is 10.6. The van der Waals surface area contributed by atoms with E-state index in [1.165, 1.54) is 34.7 Å². The number of hydrogen-bond donors (Lipinski definition) is 1. The van der Waals surface area contributed by atoms with Gasteiger partial charge in [-0.2, -0.15) is 0 Å². The van der Waals surface area contributed by atoms with Gasteiger partial charge >= 0.3 is 47.8 Å². The Morgan fingerprint density at radius 1 is 0.429 bits per heavy atom. The number of nitrogens with two attached hydrogens (primary N) is 1. The van der Waals surface area contributed by atoms with E-state index < -0.39 is 93.1 Å². The van der Waals surface area contributed by atoms with Gasteiger partial charge in [0.15, 0.2) is 0 Å². The molecule has 2 aliphatic carbocycles. The van der Waals surface area contributed by atoms with Crippen LogP contribution in [-0.4, -0.2) is 54.8 Å². The van der Waals surface area contributed by atoms with Crippen molar-refractivity contribution in [2.45, 2.75) is 41.5 Å². The van der Waals surface area contributed by atoms with Crippen LogP contribution in [0, 0.1) is 45.3 Å². The summed E-state index contributed by atoms with van der Waals surface area (Å²) >= 11 is 0. The van der Waals surface area contributed by atoms with Crippen LogP contribution in [0.5, 0.6) is 0 Å². The number of benzene rings is 1. The van der Waals surface area contributed by atoms with Crippen molar-refractivity contribution in [1.82, 2.24) is 0 Å². The van der Waals surface area contributed by atoms with Gasteiger partial charge in [-0.25, -0.2) is 0 Å². The fraction of sp³-hybridized carbons (Fsp3) is 0.517. The fourth-order valence-electron chi connectivity index (χ4n) is 6.92. The van der Waals surface area contributed by atoms with Gasteiger partial charge in [-0.3, -0.25) is 38.4 Å². The first-order valence-corrected chi connectivity index (χ1v) is 13.3. The molecule has 1 aromatic carbocycles. The normalized spacial score (nSPS) is 39.0. The highest BCUT2D eigenvalue weighted by Gasteiger charge is 2.97. The smallest absolute Gasteiger partial charge is 0.321 e. The molecule has 2 N–H and O–H groups in total. The molecule has 2 saturated carbocycles. The first kappa shape index (κ1) is 32.3. The summed E-state index contributed by atoms with van der Waals surface area (Å²) in [5.74, 6) is -9.05. The van der Waals surface area contributed by atoms with Gasteiger partial charge < -0.3 is 24.7 Å². The Morgan fingerprint density at radius 2 is 0.595 bits per heavy atom. The standard InChI is InChI=1S/C12H12O6.C8H4O6.C6H6.C2H6.CH5N/c1-9-5(13)17-6(14)10(9,2)12(4)8(16)18-7(15)11(9,12)3;9-5-1-2(6(10)13-5)4-3(1)7(11)14-8(4)12;1-2-4-6-5-3-1;2*1-2/h1-4H3;1-4H;1-6H;1-2H3;2H2,1H3. The van der Waals surface area contributed by atoms with E-state index in [2.05, 4.69) is 24.7 Å². The molecule has 13 heteroatoms. The molecule has 6 fully saturated rings. The van der Waals surface area contributed by atoms with E-state index in [1.54, 1.807) is 0 Å². The lowest BCUT2D eigenvalue weighted by Crippen LogP contribution is -2.77. The molecule has 4 heterocycles. The molecule has 226 valence electrons. The summed E-state index contributed by atoms with van der Waals surface area (Å²) in [5, 5.41) is 0. The van der Waals surface area contributed by atoms with E-state index in [1.807, 2.05) is 50.2 Å². The van der Waals surface area contributed by atoms with Gasteiger partial charge in [0.1, 0.15) is 0 Å². The zero-order valence-corrected chi connectivity index (χ0v) is 24.2. The number of fused-ring (bicyclic) bond motifs is 8. The van der Waals surface area contributed by atoms with Crippen molar-refractivity contribution in [3.05, 3.63) is 36.4 Å². The van der Waals surface area contributed by atoms with Gasteiger partial charge in [0.05, 0.1) is 45.3 Å². The van der Waals surface area contributed by atoms with Gasteiger partial charge in [-0.15, -0.1) is 0 Å². The number of esters is 8. The third kappa shape index (κ3) is 3.58. The van der Waals surface area contributed by atoms with Crippen LogP contribution in [0.2, 0.25) is 0 Å². The van der Waals surface area contributed by atoms with E-state index in [4.69, 9.17) is 0 Å². The molecular weight excluding hydrogens is 554 g/mol. The molecule has 1 aromatic rings. The van der Waals surface area contributed by atoms with Crippen LogP contribution in [-0.2, 0) is 57.3 Å². The molecule has 0 aromatic heterocycles. The highest BCUT2D eigenvalue weighted by Crippen LogP contribution is 2.83. The van der Waals surface area contributed by atoms with Crippen molar-refractivity contribution in [2.75, 3.05) is 7.05 Å². The van der Waals surface area contributed by atoms with Crippen LogP contribution < -0.4 is 5.73 Å². The zero-order chi connectivity index (χ0) is 32.0. The van der Waals surface area contributed by atoms with E-state index >= 15 is 0 Å². The number of carbonyl (C=O) groups excluding carboxylic acids is 8. The summed E-state index contributed by atoms with van der Waals surface area (Å²) in [4.78, 5) is 92.1. The number of rotatable bonds is 0. The Balaban J connectivity index is 0.000000178. The molecule has 0 atom stereocenters. The predicted molar refractivity (Wildman–Crippen MR) is 139 cm³/mol. The molecule has 0 unspecified atom stereocenters. The van der Waals surface area contributed by atoms with Crippen molar-refractivity contribution in [2.24, 2.45) is 51.1 Å². The molecule has 13 nitrogen and oxygen atoms in total. The van der Waals surface area contributed by atoms with Crippen LogP contribution in [0.4, 0.5) is 0 Å². The van der Waals surface area contributed by atoms with Crippen LogP contribution >= 0.6 is 0 Å². The lowest BCUT2D eigenvalue weighted by Gasteiger charge is -2.65. The minimum Gasteiger partial charge on any atom is -0.393 e. The van der Waals surface area contributed by atoms with Crippen molar-refractivity contribution < 1.29 is 57.3 Å². The Hall–Kier alpha value is -4.26. The maximum absolute atomic E-state index is 12.0. The van der Waals surface area contributed by atoms with Crippen LogP contribution in [0.25, 0.3) is 0 Å². The summed E-state index contributed by atoms with van der Waals surface area (Å²) < 4.78 is 18.0. The highest BCUT2D eigenvalue weighted by molar-refractivity contribution is 6.18. The highest BCUT2D eigenvalue weighted by atomic mass is 16.6. The number of hydrogen-bond acceptors (Lipinski definition) is 13. The quantitative estimate of drug-likeness (QED) is 0.257. The lowest BCUT2D eigenvalue weighted by molar-refractivity contribution is -0.243. The number of cyclic esters (lactones) is 8. The molecule has 42 heavy (non-hydrogen) atoms. The SMILES string of the molecule is CC.CC12C(=O)OC(=O)C1(C)C1(C)C(=O)OC(=O)C21C.CN.O=C1OC(=O)C2C1C1C(=O)OC(=O)C21.c1ccccc1. The Morgan fingerprint density at radius 3 is 0.762 bits per heavy atom. The van der Waals surface area contributed by atoms with Crippen molar-refractivity contribution in [3.8, 4) is 0 Å². The lowest BCUT2D eigenvalue weighted by atomic mass is 9.27. The van der Waals surface area contributed by atoms with Gasteiger partial charge in [-0.1, -0.05) is 50.2 Å². The fourth-order valence-corrected chi connectivity index (χ4v) is 6.92. The predicted octanol–water partition coefficient (Wildman–Crippen LogP) is 1.11. The molecule has 0 spiro atoms. The summed E-state index contributed by atoms with van der Waals surface area (Å²) in [6, 6.07) is 12.0. The molecule has 7 rings (SSSR count). The van der Waals surface area contributed by atoms with Gasteiger partial charge in [0.25, 0.3) is 0 Å². The van der Waals surface area contributed by atoms with Crippen LogP contribution in [0.1, 0.15) is 41.5 Å². The van der Waals surface area contributed by atoms with Gasteiger partial charge in [0, 0.05) is 0 Å². The second kappa shape index (κ2) is 10.9. The second-order valence-electron chi connectivity index (χ2n) is 10.6. The monoisotopic (exact) mass is 587 g/mol. The van der Waals surface area contributed by atoms with Gasteiger partial charge in [-0.05, 0) is 34.7 Å². The molecule has 4 aliphatic heterocycles. The molecule has 6 aliphatic rings. The molecule has 0 radical (unpaired) electrons. The van der Waals surface area contributed by atoms with E-state index in [0.29, 0.717) is 0 Å². The van der Waals surface area contributed by atoms with Crippen molar-refractivity contribution >= 4 is 47.8 Å². The molecular formula is C29H33NO12. The minimum absolute atomic E-state index is 0.715. The van der Waals surface area contributed by atoms with Crippen LogP contribution in [0.15, 0.2) is 36.4 Å². The maximum Gasteiger partial charge on any atom is 0.321 e. The van der Waals surface area contributed by atoms with E-state index in [9.17, 15) is 38.4 Å². The summed E-state index contributed by atoms with van der Waals surface area (Å²) in [7, 11) is 1.50. The zero-order valence-electron chi connectivity index (χ0n) is 24.2. The first-order valence-electron chi connectivity index (χ1n) is 13.3.